The van der Waals surface area contributed by atoms with Crippen LogP contribution in [0.2, 0.25) is 0 Å². The molecule has 0 radical (unpaired) electrons. The van der Waals surface area contributed by atoms with Crippen molar-refractivity contribution in [1.29, 1.82) is 0 Å². The Morgan fingerprint density at radius 3 is 2.62 bits per heavy atom. The van der Waals surface area contributed by atoms with Gasteiger partial charge in [0.1, 0.15) is 5.75 Å². The molecule has 4 heteroatoms. The van der Waals surface area contributed by atoms with Gasteiger partial charge in [0.05, 0.1) is 17.8 Å². The van der Waals surface area contributed by atoms with E-state index in [4.69, 9.17) is 10.5 Å². The number of para-hydroxylation sites is 2. The van der Waals surface area contributed by atoms with Crippen molar-refractivity contribution in [2.45, 2.75) is 51.5 Å². The van der Waals surface area contributed by atoms with Crippen LogP contribution < -0.4 is 15.8 Å². The van der Waals surface area contributed by atoms with Crippen molar-refractivity contribution in [3.63, 3.8) is 0 Å². The van der Waals surface area contributed by atoms with E-state index in [-0.39, 0.29) is 5.91 Å². The molecule has 0 saturated heterocycles. The SMILES string of the molecule is CC(C)COc1ccccc1NC(=O)C1(N)CCCCC1. The van der Waals surface area contributed by atoms with E-state index in [0.29, 0.717) is 24.0 Å². The average Bonchev–Trinajstić information content (AvgIpc) is 2.47. The zero-order valence-electron chi connectivity index (χ0n) is 13.0. The quantitative estimate of drug-likeness (QED) is 0.874. The summed E-state index contributed by atoms with van der Waals surface area (Å²) in [6, 6.07) is 7.54. The van der Waals surface area contributed by atoms with Gasteiger partial charge in [-0.2, -0.15) is 0 Å². The highest BCUT2D eigenvalue weighted by Crippen LogP contribution is 2.30. The molecule has 21 heavy (non-hydrogen) atoms. The van der Waals surface area contributed by atoms with Crippen molar-refractivity contribution in [3.05, 3.63) is 24.3 Å². The van der Waals surface area contributed by atoms with Gasteiger partial charge in [0, 0.05) is 0 Å². The number of anilines is 1. The molecule has 0 spiro atoms. The number of amides is 1. The Balaban J connectivity index is 2.06. The highest BCUT2D eigenvalue weighted by molar-refractivity contribution is 5.99. The van der Waals surface area contributed by atoms with Crippen molar-refractivity contribution >= 4 is 11.6 Å². The molecule has 3 N–H and O–H groups in total. The van der Waals surface area contributed by atoms with Crippen LogP contribution in [0.15, 0.2) is 24.3 Å². The fraction of sp³-hybridized carbons (Fsp3) is 0.588. The number of nitrogens with two attached hydrogens (primary N) is 1. The summed E-state index contributed by atoms with van der Waals surface area (Å²) in [4.78, 5) is 12.5. The predicted molar refractivity (Wildman–Crippen MR) is 85.4 cm³/mol. The average molecular weight is 290 g/mol. The molecule has 0 unspecified atom stereocenters. The van der Waals surface area contributed by atoms with E-state index in [1.807, 2.05) is 24.3 Å². The number of rotatable bonds is 5. The molecular formula is C17H26N2O2. The summed E-state index contributed by atoms with van der Waals surface area (Å²) in [6.07, 6.45) is 4.73. The van der Waals surface area contributed by atoms with Gasteiger partial charge in [-0.25, -0.2) is 0 Å². The maximum Gasteiger partial charge on any atom is 0.244 e. The third-order valence-corrected chi connectivity index (χ3v) is 3.91. The normalized spacial score (nSPS) is 17.5. The van der Waals surface area contributed by atoms with Crippen LogP contribution in [0.25, 0.3) is 0 Å². The highest BCUT2D eigenvalue weighted by Gasteiger charge is 2.35. The summed E-state index contributed by atoms with van der Waals surface area (Å²) >= 11 is 0. The van der Waals surface area contributed by atoms with Gasteiger partial charge in [0.25, 0.3) is 0 Å². The number of carbonyl (C=O) groups excluding carboxylic acids is 1. The second-order valence-electron chi connectivity index (χ2n) is 6.37. The van der Waals surface area contributed by atoms with E-state index in [0.717, 1.165) is 25.7 Å². The molecular weight excluding hydrogens is 264 g/mol. The van der Waals surface area contributed by atoms with Gasteiger partial charge >= 0.3 is 0 Å². The smallest absolute Gasteiger partial charge is 0.244 e. The molecule has 0 aromatic heterocycles. The molecule has 1 aliphatic rings. The molecule has 1 aromatic rings. The minimum atomic E-state index is -0.733. The standard InChI is InChI=1S/C17H26N2O2/c1-13(2)12-21-15-9-5-4-8-14(15)19-16(20)17(18)10-6-3-7-11-17/h4-5,8-9,13H,3,6-7,10-12,18H2,1-2H3,(H,19,20). The zero-order chi connectivity index (χ0) is 15.3. The van der Waals surface area contributed by atoms with E-state index in [1.54, 1.807) is 0 Å². The molecule has 1 amide bonds. The van der Waals surface area contributed by atoms with Crippen LogP contribution in [0, 0.1) is 5.92 Å². The van der Waals surface area contributed by atoms with Crippen LogP contribution in [-0.4, -0.2) is 18.1 Å². The van der Waals surface area contributed by atoms with Gasteiger partial charge in [-0.15, -0.1) is 0 Å². The van der Waals surface area contributed by atoms with Crippen LogP contribution in [-0.2, 0) is 4.79 Å². The highest BCUT2D eigenvalue weighted by atomic mass is 16.5. The topological polar surface area (TPSA) is 64.3 Å². The number of nitrogens with one attached hydrogen (secondary N) is 1. The summed E-state index contributed by atoms with van der Waals surface area (Å²) in [5.74, 6) is 1.05. The molecule has 2 rings (SSSR count). The lowest BCUT2D eigenvalue weighted by atomic mass is 9.82. The van der Waals surface area contributed by atoms with Crippen LogP contribution in [0.1, 0.15) is 46.0 Å². The first kappa shape index (κ1) is 15.8. The third kappa shape index (κ3) is 4.21. The largest absolute Gasteiger partial charge is 0.491 e. The lowest BCUT2D eigenvalue weighted by Crippen LogP contribution is -2.52. The number of hydrogen-bond donors (Lipinski definition) is 2. The van der Waals surface area contributed by atoms with E-state index in [9.17, 15) is 4.79 Å². The summed E-state index contributed by atoms with van der Waals surface area (Å²) in [6.45, 7) is 4.82. The first-order valence-electron chi connectivity index (χ1n) is 7.83. The van der Waals surface area contributed by atoms with Gasteiger partial charge in [0.2, 0.25) is 5.91 Å². The van der Waals surface area contributed by atoms with Crippen molar-refractivity contribution in [1.82, 2.24) is 0 Å². The van der Waals surface area contributed by atoms with Gasteiger partial charge < -0.3 is 15.8 Å². The van der Waals surface area contributed by atoms with E-state index < -0.39 is 5.54 Å². The van der Waals surface area contributed by atoms with Crippen LogP contribution in [0.4, 0.5) is 5.69 Å². The van der Waals surface area contributed by atoms with Gasteiger partial charge in [-0.1, -0.05) is 45.2 Å². The molecule has 116 valence electrons. The molecule has 0 aliphatic heterocycles. The Hall–Kier alpha value is -1.55. The fourth-order valence-electron chi connectivity index (χ4n) is 2.61. The zero-order valence-corrected chi connectivity index (χ0v) is 13.0. The minimum absolute atomic E-state index is 0.0946. The molecule has 0 heterocycles. The first-order valence-corrected chi connectivity index (χ1v) is 7.83. The Labute approximate surface area is 127 Å². The van der Waals surface area contributed by atoms with Gasteiger partial charge in [0.15, 0.2) is 0 Å². The third-order valence-electron chi connectivity index (χ3n) is 3.91. The summed E-state index contributed by atoms with van der Waals surface area (Å²) < 4.78 is 5.76. The molecule has 1 saturated carbocycles. The van der Waals surface area contributed by atoms with Crippen LogP contribution >= 0.6 is 0 Å². The Kier molecular flexibility index (Phi) is 5.23. The second kappa shape index (κ2) is 6.94. The second-order valence-corrected chi connectivity index (χ2v) is 6.37. The minimum Gasteiger partial charge on any atom is -0.491 e. The molecule has 0 atom stereocenters. The number of benzene rings is 1. The summed E-state index contributed by atoms with van der Waals surface area (Å²) in [7, 11) is 0. The lowest BCUT2D eigenvalue weighted by Gasteiger charge is -2.32. The Bertz CT molecular complexity index is 479. The predicted octanol–water partition coefficient (Wildman–Crippen LogP) is 3.32. The van der Waals surface area contributed by atoms with Gasteiger partial charge in [-0.3, -0.25) is 4.79 Å². The van der Waals surface area contributed by atoms with Crippen molar-refractivity contribution < 1.29 is 9.53 Å². The van der Waals surface area contributed by atoms with Crippen molar-refractivity contribution in [3.8, 4) is 5.75 Å². The lowest BCUT2D eigenvalue weighted by molar-refractivity contribution is -0.122. The van der Waals surface area contributed by atoms with E-state index in [1.165, 1.54) is 6.42 Å². The molecule has 1 fully saturated rings. The molecule has 1 aliphatic carbocycles. The fourth-order valence-corrected chi connectivity index (χ4v) is 2.61. The Morgan fingerprint density at radius 1 is 1.29 bits per heavy atom. The van der Waals surface area contributed by atoms with Crippen molar-refractivity contribution in [2.75, 3.05) is 11.9 Å². The van der Waals surface area contributed by atoms with E-state index in [2.05, 4.69) is 19.2 Å². The van der Waals surface area contributed by atoms with Crippen molar-refractivity contribution in [2.24, 2.45) is 11.7 Å². The number of ether oxygens (including phenoxy) is 1. The Morgan fingerprint density at radius 2 is 1.95 bits per heavy atom. The monoisotopic (exact) mass is 290 g/mol. The number of hydrogen-bond acceptors (Lipinski definition) is 3. The maximum atomic E-state index is 12.5. The summed E-state index contributed by atoms with van der Waals surface area (Å²) in [5, 5.41) is 2.96. The molecule has 0 bridgehead atoms. The van der Waals surface area contributed by atoms with Crippen LogP contribution in [0.3, 0.4) is 0 Å². The van der Waals surface area contributed by atoms with Gasteiger partial charge in [-0.05, 0) is 30.9 Å². The maximum absolute atomic E-state index is 12.5. The number of carbonyl (C=O) groups is 1. The molecule has 1 aromatic carbocycles. The van der Waals surface area contributed by atoms with E-state index >= 15 is 0 Å². The molecule has 4 nitrogen and oxygen atoms in total. The van der Waals surface area contributed by atoms with Crippen LogP contribution in [0.5, 0.6) is 5.75 Å². The summed E-state index contributed by atoms with van der Waals surface area (Å²) in [5.41, 5.74) is 6.24. The first-order chi connectivity index (χ1) is 10.0.